The fraction of sp³-hybridized carbons (Fsp3) is 0.692. The van der Waals surface area contributed by atoms with Gasteiger partial charge in [0.05, 0.1) is 39.6 Å². The molecule has 0 heterocycles. The predicted octanol–water partition coefficient (Wildman–Crippen LogP) is 9.51. The molecule has 0 aliphatic heterocycles. The van der Waals surface area contributed by atoms with Crippen LogP contribution in [0.2, 0.25) is 0 Å². The first-order chi connectivity index (χ1) is 22.9. The van der Waals surface area contributed by atoms with Crippen LogP contribution in [-0.2, 0) is 68.1 Å². The van der Waals surface area contributed by atoms with E-state index in [1.54, 1.807) is 0 Å². The van der Waals surface area contributed by atoms with Gasteiger partial charge in [-0.15, -0.1) is 0 Å². The van der Waals surface area contributed by atoms with E-state index in [0.717, 1.165) is 118 Å². The number of phenols is 2. The van der Waals surface area contributed by atoms with Crippen molar-refractivity contribution in [1.29, 1.82) is 0 Å². The first-order valence-corrected chi connectivity index (χ1v) is 18.1. The molecule has 0 amide bonds. The van der Waals surface area contributed by atoms with E-state index < -0.39 is 0 Å². The van der Waals surface area contributed by atoms with Gasteiger partial charge in [0.25, 0.3) is 0 Å². The molecule has 2 aromatic rings. The summed E-state index contributed by atoms with van der Waals surface area (Å²) < 4.78 is 33.9. The summed E-state index contributed by atoms with van der Waals surface area (Å²) in [6.07, 6.45) is 9.40. The zero-order chi connectivity index (χ0) is 34.5. The quantitative estimate of drug-likeness (QED) is 0.0914. The number of unbranched alkanes of at least 4 members (excludes halogenated alkanes) is 3. The van der Waals surface area contributed by atoms with Gasteiger partial charge < -0.3 is 38.6 Å². The van der Waals surface area contributed by atoms with Gasteiger partial charge in [-0.25, -0.2) is 0 Å². The number of phenolic OH excluding ortho intramolecular Hbond substituents is 2. The molecule has 0 saturated heterocycles. The van der Waals surface area contributed by atoms with Gasteiger partial charge in [0.15, 0.2) is 0 Å². The maximum absolute atomic E-state index is 10.5. The van der Waals surface area contributed by atoms with Crippen LogP contribution in [0.3, 0.4) is 0 Å². The normalized spacial score (nSPS) is 11.1. The molecule has 0 bridgehead atoms. The maximum atomic E-state index is 10.5. The molecule has 2 aromatic carbocycles. The second-order valence-corrected chi connectivity index (χ2v) is 11.9. The summed E-state index contributed by atoms with van der Waals surface area (Å²) in [4.78, 5) is 0. The Hall–Kier alpha value is -2.20. The van der Waals surface area contributed by atoms with Crippen LogP contribution >= 0.6 is 0 Å². The van der Waals surface area contributed by atoms with E-state index in [-0.39, 0.29) is 5.75 Å². The van der Waals surface area contributed by atoms with Crippen LogP contribution in [-0.4, -0.2) is 49.9 Å². The molecular weight excluding hydrogens is 596 g/mol. The SMILES string of the molecule is CCCCOCc1cc(COCCCC)c(O)c(COCCCC)c1.CCCOCc1cc(COCCC)c(O)c(COCCC)c1. The van der Waals surface area contributed by atoms with Gasteiger partial charge in [0.1, 0.15) is 11.5 Å². The summed E-state index contributed by atoms with van der Waals surface area (Å²) in [6, 6.07) is 7.90. The third kappa shape index (κ3) is 19.4. The van der Waals surface area contributed by atoms with Crippen molar-refractivity contribution in [3.63, 3.8) is 0 Å². The second-order valence-electron chi connectivity index (χ2n) is 11.9. The lowest BCUT2D eigenvalue weighted by Crippen LogP contribution is -2.03. The van der Waals surface area contributed by atoms with Crippen molar-refractivity contribution in [2.75, 3.05) is 39.6 Å². The van der Waals surface area contributed by atoms with Crippen molar-refractivity contribution in [1.82, 2.24) is 0 Å². The topological polar surface area (TPSA) is 95.8 Å². The lowest BCUT2D eigenvalue weighted by Gasteiger charge is -2.14. The summed E-state index contributed by atoms with van der Waals surface area (Å²) >= 11 is 0. The Kier molecular flexibility index (Phi) is 26.2. The van der Waals surface area contributed by atoms with Gasteiger partial charge in [-0.1, -0.05) is 60.8 Å². The Morgan fingerprint density at radius 2 is 0.617 bits per heavy atom. The summed E-state index contributed by atoms with van der Waals surface area (Å²) in [5, 5.41) is 20.9. The highest BCUT2D eigenvalue weighted by molar-refractivity contribution is 5.44. The van der Waals surface area contributed by atoms with Crippen LogP contribution in [0.15, 0.2) is 24.3 Å². The number of rotatable bonds is 27. The molecule has 8 heteroatoms. The summed E-state index contributed by atoms with van der Waals surface area (Å²) in [5.41, 5.74) is 5.37. The predicted molar refractivity (Wildman–Crippen MR) is 190 cm³/mol. The largest absolute Gasteiger partial charge is 0.507 e. The molecule has 270 valence electrons. The number of benzene rings is 2. The Bertz CT molecular complexity index is 978. The lowest BCUT2D eigenvalue weighted by molar-refractivity contribution is 0.108. The van der Waals surface area contributed by atoms with E-state index in [1.807, 2.05) is 24.3 Å². The summed E-state index contributed by atoms with van der Waals surface area (Å²) in [6.45, 7) is 19.8. The van der Waals surface area contributed by atoms with E-state index in [9.17, 15) is 10.2 Å². The molecule has 0 aromatic heterocycles. The average molecular weight is 663 g/mol. The molecule has 0 fully saturated rings. The molecule has 2 N–H and O–H groups in total. The fourth-order valence-electron chi connectivity index (χ4n) is 4.55. The molecular formula is C39H66O8. The highest BCUT2D eigenvalue weighted by Crippen LogP contribution is 2.28. The van der Waals surface area contributed by atoms with Crippen LogP contribution < -0.4 is 0 Å². The van der Waals surface area contributed by atoms with Crippen molar-refractivity contribution in [3.05, 3.63) is 57.6 Å². The van der Waals surface area contributed by atoms with Crippen LogP contribution in [0.25, 0.3) is 0 Å². The fourth-order valence-corrected chi connectivity index (χ4v) is 4.55. The number of ether oxygens (including phenoxy) is 6. The summed E-state index contributed by atoms with van der Waals surface area (Å²) in [7, 11) is 0. The van der Waals surface area contributed by atoms with Crippen LogP contribution in [0, 0.1) is 0 Å². The minimum atomic E-state index is 0.284. The molecule has 47 heavy (non-hydrogen) atoms. The molecule has 0 aliphatic carbocycles. The second kappa shape index (κ2) is 28.8. The average Bonchev–Trinajstić information content (AvgIpc) is 3.07. The number of aromatic hydroxyl groups is 2. The maximum Gasteiger partial charge on any atom is 0.126 e. The van der Waals surface area contributed by atoms with E-state index in [4.69, 9.17) is 28.4 Å². The van der Waals surface area contributed by atoms with E-state index >= 15 is 0 Å². The zero-order valence-corrected chi connectivity index (χ0v) is 30.5. The smallest absolute Gasteiger partial charge is 0.126 e. The molecule has 2 rings (SSSR count). The Labute approximate surface area is 286 Å². The van der Waals surface area contributed by atoms with E-state index in [0.29, 0.717) is 58.6 Å². The van der Waals surface area contributed by atoms with Crippen molar-refractivity contribution < 1.29 is 38.6 Å². The van der Waals surface area contributed by atoms with Crippen molar-refractivity contribution in [2.45, 2.75) is 139 Å². The highest BCUT2D eigenvalue weighted by atomic mass is 16.5. The lowest BCUT2D eigenvalue weighted by atomic mass is 10.0. The molecule has 0 aliphatic rings. The molecule has 0 spiro atoms. The minimum absolute atomic E-state index is 0.284. The minimum Gasteiger partial charge on any atom is -0.507 e. The zero-order valence-electron chi connectivity index (χ0n) is 30.5. The van der Waals surface area contributed by atoms with Gasteiger partial charge in [-0.05, 0) is 73.9 Å². The van der Waals surface area contributed by atoms with E-state index in [1.165, 1.54) is 0 Å². The van der Waals surface area contributed by atoms with Gasteiger partial charge in [-0.3, -0.25) is 0 Å². The Morgan fingerprint density at radius 1 is 0.362 bits per heavy atom. The van der Waals surface area contributed by atoms with Crippen LogP contribution in [0.4, 0.5) is 0 Å². The standard InChI is InChI=1S/C21H36O4.C18H30O4/c1-4-7-10-23-15-18-13-19(16-24-11-8-5-2)21(22)20(14-18)17-25-12-9-6-3;1-4-7-20-12-15-10-16(13-21-8-5-2)18(19)17(11-15)14-22-9-6-3/h13-14,22H,4-12,15-17H2,1-3H3;10-11,19H,4-9,12-14H2,1-3H3. The van der Waals surface area contributed by atoms with Crippen LogP contribution in [0.5, 0.6) is 11.5 Å². The molecule has 8 nitrogen and oxygen atoms in total. The van der Waals surface area contributed by atoms with Crippen molar-refractivity contribution in [2.24, 2.45) is 0 Å². The molecule has 0 atom stereocenters. The Morgan fingerprint density at radius 3 is 0.894 bits per heavy atom. The monoisotopic (exact) mass is 662 g/mol. The number of hydrogen-bond donors (Lipinski definition) is 2. The van der Waals surface area contributed by atoms with Crippen molar-refractivity contribution in [3.8, 4) is 11.5 Å². The van der Waals surface area contributed by atoms with Gasteiger partial charge in [0.2, 0.25) is 0 Å². The number of hydrogen-bond acceptors (Lipinski definition) is 8. The third-order valence-corrected chi connectivity index (χ3v) is 7.19. The van der Waals surface area contributed by atoms with E-state index in [2.05, 4.69) is 41.5 Å². The van der Waals surface area contributed by atoms with Gasteiger partial charge >= 0.3 is 0 Å². The molecule has 0 unspecified atom stereocenters. The Balaban J connectivity index is 0.000000474. The third-order valence-electron chi connectivity index (χ3n) is 7.19. The van der Waals surface area contributed by atoms with Gasteiger partial charge in [0, 0.05) is 61.9 Å². The summed E-state index contributed by atoms with van der Waals surface area (Å²) in [5.74, 6) is 0.580. The molecule has 0 radical (unpaired) electrons. The first kappa shape index (κ1) is 42.8. The first-order valence-electron chi connectivity index (χ1n) is 18.1. The van der Waals surface area contributed by atoms with Crippen LogP contribution in [0.1, 0.15) is 133 Å². The molecule has 0 saturated carbocycles. The van der Waals surface area contributed by atoms with Gasteiger partial charge in [-0.2, -0.15) is 0 Å². The highest BCUT2D eigenvalue weighted by Gasteiger charge is 2.12. The van der Waals surface area contributed by atoms with Crippen molar-refractivity contribution >= 4 is 0 Å².